The number of halogens is 1. The van der Waals surface area contributed by atoms with E-state index in [1.54, 1.807) is 0 Å². The molecule has 0 saturated carbocycles. The van der Waals surface area contributed by atoms with Crippen LogP contribution in [0.2, 0.25) is 5.15 Å². The molecule has 4 heteroatoms. The second-order valence-corrected chi connectivity index (χ2v) is 4.70. The second kappa shape index (κ2) is 5.36. The molecule has 0 spiro atoms. The van der Waals surface area contributed by atoms with E-state index >= 15 is 0 Å². The molecule has 0 saturated heterocycles. The Morgan fingerprint density at radius 1 is 1.11 bits per heavy atom. The van der Waals surface area contributed by atoms with Gasteiger partial charge in [0, 0.05) is 11.3 Å². The monoisotopic (exact) mass is 261 g/mol. The molecular weight excluding hydrogens is 246 g/mol. The van der Waals surface area contributed by atoms with Crippen LogP contribution in [0.1, 0.15) is 23.6 Å². The molecule has 0 amide bonds. The topological polar surface area (TPSA) is 37.8 Å². The highest BCUT2D eigenvalue weighted by molar-refractivity contribution is 6.30. The largest absolute Gasteiger partial charge is 0.340 e. The van der Waals surface area contributed by atoms with Gasteiger partial charge in [-0.15, -0.1) is 0 Å². The Morgan fingerprint density at radius 3 is 2.39 bits per heavy atom. The fraction of sp³-hybridized carbons (Fsp3) is 0.286. The summed E-state index contributed by atoms with van der Waals surface area (Å²) in [6.07, 6.45) is 2.28. The number of hydrogen-bond donors (Lipinski definition) is 1. The van der Waals surface area contributed by atoms with E-state index in [1.165, 1.54) is 17.5 Å². The lowest BCUT2D eigenvalue weighted by Gasteiger charge is -2.11. The number of nitrogens with one attached hydrogen (secondary N) is 1. The van der Waals surface area contributed by atoms with Crippen molar-refractivity contribution in [3.05, 3.63) is 46.4 Å². The highest BCUT2D eigenvalue weighted by Crippen LogP contribution is 2.24. The maximum atomic E-state index is 6.07. The summed E-state index contributed by atoms with van der Waals surface area (Å²) in [7, 11) is 0. The third-order valence-electron chi connectivity index (χ3n) is 2.73. The minimum atomic E-state index is 0.513. The van der Waals surface area contributed by atoms with Gasteiger partial charge in [0.2, 0.25) is 0 Å². The molecule has 0 unspecified atom stereocenters. The van der Waals surface area contributed by atoms with Crippen LogP contribution in [0.5, 0.6) is 0 Å². The van der Waals surface area contributed by atoms with Crippen LogP contribution in [0.4, 0.5) is 11.5 Å². The number of hydrogen-bond acceptors (Lipinski definition) is 3. The van der Waals surface area contributed by atoms with Crippen molar-refractivity contribution in [3.63, 3.8) is 0 Å². The first kappa shape index (κ1) is 12.8. The van der Waals surface area contributed by atoms with Crippen molar-refractivity contribution in [1.29, 1.82) is 0 Å². The Bertz CT molecular complexity index is 547. The summed E-state index contributed by atoms with van der Waals surface area (Å²) < 4.78 is 0. The van der Waals surface area contributed by atoms with E-state index < -0.39 is 0 Å². The molecule has 18 heavy (non-hydrogen) atoms. The van der Waals surface area contributed by atoms with E-state index in [2.05, 4.69) is 47.3 Å². The average molecular weight is 262 g/mol. The zero-order valence-electron chi connectivity index (χ0n) is 10.8. The normalized spacial score (nSPS) is 10.4. The minimum absolute atomic E-state index is 0.513. The van der Waals surface area contributed by atoms with Crippen molar-refractivity contribution in [2.75, 3.05) is 5.32 Å². The number of aromatic nitrogens is 2. The first-order chi connectivity index (χ1) is 8.60. The molecule has 0 fully saturated rings. The van der Waals surface area contributed by atoms with E-state index in [0.29, 0.717) is 5.15 Å². The molecule has 0 atom stereocenters. The standard InChI is InChI=1S/C14H16ClN3/c1-4-12-13(15)16-8-17-14(12)18-11-6-9(2)5-10(3)7-11/h5-8H,4H2,1-3H3,(H,16,17,18). The van der Waals surface area contributed by atoms with E-state index in [9.17, 15) is 0 Å². The maximum absolute atomic E-state index is 6.07. The van der Waals surface area contributed by atoms with Crippen molar-refractivity contribution in [2.45, 2.75) is 27.2 Å². The minimum Gasteiger partial charge on any atom is -0.340 e. The van der Waals surface area contributed by atoms with E-state index in [-0.39, 0.29) is 0 Å². The van der Waals surface area contributed by atoms with E-state index in [1.807, 2.05) is 6.92 Å². The Balaban J connectivity index is 2.36. The lowest BCUT2D eigenvalue weighted by atomic mass is 10.1. The van der Waals surface area contributed by atoms with Crippen molar-refractivity contribution >= 4 is 23.1 Å². The van der Waals surface area contributed by atoms with Gasteiger partial charge in [-0.2, -0.15) is 0 Å². The van der Waals surface area contributed by atoms with Crippen LogP contribution in [-0.2, 0) is 6.42 Å². The molecule has 94 valence electrons. The number of anilines is 2. The molecule has 2 rings (SSSR count). The van der Waals surface area contributed by atoms with Gasteiger partial charge in [-0.05, 0) is 43.5 Å². The Morgan fingerprint density at radius 2 is 1.78 bits per heavy atom. The van der Waals surface area contributed by atoms with Crippen molar-refractivity contribution in [2.24, 2.45) is 0 Å². The molecule has 3 nitrogen and oxygen atoms in total. The van der Waals surface area contributed by atoms with Crippen LogP contribution in [0.3, 0.4) is 0 Å². The van der Waals surface area contributed by atoms with Gasteiger partial charge in [0.15, 0.2) is 0 Å². The number of aryl methyl sites for hydroxylation is 2. The molecule has 1 N–H and O–H groups in total. The number of nitrogens with zero attached hydrogens (tertiary/aromatic N) is 2. The predicted molar refractivity (Wildman–Crippen MR) is 75.6 cm³/mol. The van der Waals surface area contributed by atoms with Gasteiger partial charge in [-0.25, -0.2) is 9.97 Å². The van der Waals surface area contributed by atoms with Gasteiger partial charge in [-0.3, -0.25) is 0 Å². The fourth-order valence-electron chi connectivity index (χ4n) is 2.00. The first-order valence-electron chi connectivity index (χ1n) is 5.95. The molecule has 0 bridgehead atoms. The summed E-state index contributed by atoms with van der Waals surface area (Å²) in [6, 6.07) is 6.31. The molecule has 1 aromatic carbocycles. The number of benzene rings is 1. The first-order valence-corrected chi connectivity index (χ1v) is 6.32. The van der Waals surface area contributed by atoms with Crippen molar-refractivity contribution in [3.8, 4) is 0 Å². The summed E-state index contributed by atoms with van der Waals surface area (Å²) in [5.41, 5.74) is 4.40. The summed E-state index contributed by atoms with van der Waals surface area (Å²) in [6.45, 7) is 6.19. The molecule has 1 heterocycles. The molecule has 2 aromatic rings. The second-order valence-electron chi connectivity index (χ2n) is 4.35. The number of rotatable bonds is 3. The summed E-state index contributed by atoms with van der Waals surface area (Å²) in [4.78, 5) is 8.26. The van der Waals surface area contributed by atoms with Gasteiger partial charge in [0.25, 0.3) is 0 Å². The lowest BCUT2D eigenvalue weighted by molar-refractivity contribution is 1.05. The fourth-order valence-corrected chi connectivity index (χ4v) is 2.26. The van der Waals surface area contributed by atoms with Crippen LogP contribution in [0, 0.1) is 13.8 Å². The Kier molecular flexibility index (Phi) is 3.82. The third-order valence-corrected chi connectivity index (χ3v) is 3.06. The van der Waals surface area contributed by atoms with Gasteiger partial charge in [-0.1, -0.05) is 24.6 Å². The Hall–Kier alpha value is -1.61. The van der Waals surface area contributed by atoms with Crippen molar-refractivity contribution in [1.82, 2.24) is 9.97 Å². The summed E-state index contributed by atoms with van der Waals surface area (Å²) in [5, 5.41) is 3.82. The summed E-state index contributed by atoms with van der Waals surface area (Å²) in [5.74, 6) is 0.780. The quantitative estimate of drug-likeness (QED) is 0.847. The van der Waals surface area contributed by atoms with E-state index in [4.69, 9.17) is 11.6 Å². The SMILES string of the molecule is CCc1c(Cl)ncnc1Nc1cc(C)cc(C)c1. The van der Waals surface area contributed by atoms with Gasteiger partial charge in [0.05, 0.1) is 0 Å². The van der Waals surface area contributed by atoms with Crippen LogP contribution in [-0.4, -0.2) is 9.97 Å². The maximum Gasteiger partial charge on any atom is 0.138 e. The highest BCUT2D eigenvalue weighted by Gasteiger charge is 2.08. The molecular formula is C14H16ClN3. The average Bonchev–Trinajstić information content (AvgIpc) is 2.27. The van der Waals surface area contributed by atoms with Crippen molar-refractivity contribution < 1.29 is 0 Å². The lowest BCUT2D eigenvalue weighted by Crippen LogP contribution is -2.01. The zero-order chi connectivity index (χ0) is 13.1. The predicted octanol–water partition coefficient (Wildman–Crippen LogP) is 4.05. The molecule has 0 aliphatic heterocycles. The zero-order valence-corrected chi connectivity index (χ0v) is 11.5. The summed E-state index contributed by atoms with van der Waals surface area (Å²) >= 11 is 6.07. The van der Waals surface area contributed by atoms with E-state index in [0.717, 1.165) is 23.5 Å². The van der Waals surface area contributed by atoms with Crippen LogP contribution in [0.25, 0.3) is 0 Å². The van der Waals surface area contributed by atoms with Gasteiger partial charge < -0.3 is 5.32 Å². The third kappa shape index (κ3) is 2.79. The molecule has 1 aromatic heterocycles. The van der Waals surface area contributed by atoms with Crippen LogP contribution in [0.15, 0.2) is 24.5 Å². The smallest absolute Gasteiger partial charge is 0.138 e. The van der Waals surface area contributed by atoms with Crippen LogP contribution >= 0.6 is 11.6 Å². The van der Waals surface area contributed by atoms with Gasteiger partial charge >= 0.3 is 0 Å². The molecule has 0 radical (unpaired) electrons. The molecule has 0 aliphatic carbocycles. The highest BCUT2D eigenvalue weighted by atomic mass is 35.5. The van der Waals surface area contributed by atoms with Gasteiger partial charge in [0.1, 0.15) is 17.3 Å². The van der Waals surface area contributed by atoms with Crippen LogP contribution < -0.4 is 5.32 Å². The Labute approximate surface area is 112 Å². The molecule has 0 aliphatic rings.